The van der Waals surface area contributed by atoms with Crippen LogP contribution in [0.4, 0.5) is 0 Å². The van der Waals surface area contributed by atoms with E-state index in [1.165, 1.54) is 0 Å². The van der Waals surface area contributed by atoms with Crippen LogP contribution in [0.5, 0.6) is 11.5 Å². The highest BCUT2D eigenvalue weighted by Crippen LogP contribution is 2.41. The summed E-state index contributed by atoms with van der Waals surface area (Å²) in [6.45, 7) is 2.06. The molecule has 1 aromatic rings. The molecule has 0 aliphatic carbocycles. The third-order valence-corrected chi connectivity index (χ3v) is 3.34. The molecule has 15 heavy (non-hydrogen) atoms. The predicted molar refractivity (Wildman–Crippen MR) is 56.3 cm³/mol. The van der Waals surface area contributed by atoms with Crippen LogP contribution in [-0.2, 0) is 11.2 Å². The van der Waals surface area contributed by atoms with Crippen molar-refractivity contribution in [1.29, 1.82) is 0 Å². The number of hydrogen-bond acceptors (Lipinski definition) is 3. The first-order valence-corrected chi connectivity index (χ1v) is 5.18. The van der Waals surface area contributed by atoms with E-state index in [9.17, 15) is 4.79 Å². The van der Waals surface area contributed by atoms with Gasteiger partial charge in [-0.2, -0.15) is 0 Å². The van der Waals surface area contributed by atoms with Gasteiger partial charge in [0.05, 0.1) is 6.42 Å². The van der Waals surface area contributed by atoms with Crippen LogP contribution in [0.3, 0.4) is 0 Å². The molecule has 2 rings (SSSR count). The number of rotatable bonds is 2. The number of ether oxygens (including phenoxy) is 2. The molecule has 0 atom stereocenters. The minimum absolute atomic E-state index is 0.0297. The van der Waals surface area contributed by atoms with Crippen molar-refractivity contribution in [1.82, 2.24) is 0 Å². The molecular weight excluding hydrogens is 264 g/mol. The monoisotopic (exact) mass is 272 g/mol. The number of carbonyl (C=O) groups is 1. The molecule has 1 aliphatic rings. The lowest BCUT2D eigenvalue weighted by Gasteiger charge is -2.08. The van der Waals surface area contributed by atoms with E-state index in [1.54, 1.807) is 6.07 Å². The summed E-state index contributed by atoms with van der Waals surface area (Å²) in [7, 11) is 0. The fraction of sp³-hybridized carbons (Fsp3) is 0.300. The molecule has 0 fully saturated rings. The van der Waals surface area contributed by atoms with Gasteiger partial charge in [-0.05, 0) is 18.6 Å². The summed E-state index contributed by atoms with van der Waals surface area (Å²) in [5.74, 6) is 0.442. The van der Waals surface area contributed by atoms with Crippen molar-refractivity contribution >= 4 is 21.9 Å². The van der Waals surface area contributed by atoms with Crippen molar-refractivity contribution < 1.29 is 19.4 Å². The summed E-state index contributed by atoms with van der Waals surface area (Å²) in [4.78, 5) is 10.6. The molecule has 1 aliphatic heterocycles. The van der Waals surface area contributed by atoms with Gasteiger partial charge in [0.25, 0.3) is 0 Å². The van der Waals surface area contributed by atoms with Gasteiger partial charge in [0.15, 0.2) is 11.5 Å². The van der Waals surface area contributed by atoms with Gasteiger partial charge in [0.2, 0.25) is 6.79 Å². The average molecular weight is 273 g/mol. The van der Waals surface area contributed by atoms with Crippen LogP contribution >= 0.6 is 15.9 Å². The van der Waals surface area contributed by atoms with Crippen LogP contribution in [0.2, 0.25) is 0 Å². The zero-order valence-corrected chi connectivity index (χ0v) is 9.63. The topological polar surface area (TPSA) is 55.8 Å². The Balaban J connectivity index is 2.49. The van der Waals surface area contributed by atoms with Crippen molar-refractivity contribution in [3.8, 4) is 11.5 Å². The van der Waals surface area contributed by atoms with Gasteiger partial charge in [0, 0.05) is 10.0 Å². The molecule has 80 valence electrons. The third-order valence-electron chi connectivity index (χ3n) is 2.24. The number of benzene rings is 1. The van der Waals surface area contributed by atoms with Gasteiger partial charge < -0.3 is 14.6 Å². The zero-order chi connectivity index (χ0) is 11.0. The lowest BCUT2D eigenvalue weighted by Crippen LogP contribution is -2.01. The Hall–Kier alpha value is -1.23. The Kier molecular flexibility index (Phi) is 2.56. The van der Waals surface area contributed by atoms with Crippen LogP contribution < -0.4 is 9.47 Å². The molecule has 0 bridgehead atoms. The van der Waals surface area contributed by atoms with Crippen molar-refractivity contribution in [2.24, 2.45) is 0 Å². The maximum absolute atomic E-state index is 10.6. The quantitative estimate of drug-likeness (QED) is 0.896. The highest BCUT2D eigenvalue weighted by Gasteiger charge is 2.21. The number of aliphatic carboxylic acids is 1. The zero-order valence-electron chi connectivity index (χ0n) is 8.04. The highest BCUT2D eigenvalue weighted by atomic mass is 79.9. The number of fused-ring (bicyclic) bond motifs is 1. The molecule has 1 N–H and O–H groups in total. The summed E-state index contributed by atoms with van der Waals surface area (Å²) >= 11 is 3.36. The Morgan fingerprint density at radius 1 is 1.60 bits per heavy atom. The standard InChI is InChI=1S/C10H9BrO4/c1-5-9(11)6(3-8(12)13)2-7-10(5)15-4-14-7/h2H,3-4H2,1H3,(H,12,13). The largest absolute Gasteiger partial charge is 0.481 e. The number of hydrogen-bond donors (Lipinski definition) is 1. The minimum Gasteiger partial charge on any atom is -0.481 e. The van der Waals surface area contributed by atoms with E-state index in [0.29, 0.717) is 17.1 Å². The number of halogens is 1. The molecule has 0 saturated heterocycles. The third kappa shape index (κ3) is 1.79. The van der Waals surface area contributed by atoms with Gasteiger partial charge in [-0.15, -0.1) is 0 Å². The average Bonchev–Trinajstić information content (AvgIpc) is 2.61. The maximum atomic E-state index is 10.6. The first-order valence-electron chi connectivity index (χ1n) is 4.39. The number of carboxylic acids is 1. The SMILES string of the molecule is Cc1c(Br)c(CC(=O)O)cc2c1OCO2. The van der Waals surface area contributed by atoms with Crippen LogP contribution in [0.1, 0.15) is 11.1 Å². The predicted octanol–water partition coefficient (Wildman–Crippen LogP) is 2.11. The van der Waals surface area contributed by atoms with Gasteiger partial charge in [-0.25, -0.2) is 0 Å². The Labute approximate surface area is 94.9 Å². The Morgan fingerprint density at radius 3 is 3.00 bits per heavy atom. The van der Waals surface area contributed by atoms with Crippen LogP contribution in [0.15, 0.2) is 10.5 Å². The number of carboxylic acid groups (broad SMARTS) is 1. The molecule has 0 spiro atoms. The molecule has 4 nitrogen and oxygen atoms in total. The van der Waals surface area contributed by atoms with Crippen LogP contribution in [0, 0.1) is 6.92 Å². The summed E-state index contributed by atoms with van der Waals surface area (Å²) in [6.07, 6.45) is -0.0297. The van der Waals surface area contributed by atoms with E-state index in [4.69, 9.17) is 14.6 Å². The smallest absolute Gasteiger partial charge is 0.307 e. The molecule has 0 unspecified atom stereocenters. The fourth-order valence-corrected chi connectivity index (χ4v) is 1.98. The molecule has 0 amide bonds. The molecule has 0 aromatic heterocycles. The van der Waals surface area contributed by atoms with E-state index < -0.39 is 5.97 Å². The van der Waals surface area contributed by atoms with E-state index in [1.807, 2.05) is 6.92 Å². The van der Waals surface area contributed by atoms with E-state index >= 15 is 0 Å². The van der Waals surface area contributed by atoms with Crippen molar-refractivity contribution in [3.63, 3.8) is 0 Å². The summed E-state index contributed by atoms with van der Waals surface area (Å²) in [5.41, 5.74) is 1.57. The second kappa shape index (κ2) is 3.73. The maximum Gasteiger partial charge on any atom is 0.307 e. The van der Waals surface area contributed by atoms with Crippen molar-refractivity contribution in [2.45, 2.75) is 13.3 Å². The molecular formula is C10H9BrO4. The first-order chi connectivity index (χ1) is 7.09. The lowest BCUT2D eigenvalue weighted by molar-refractivity contribution is -0.136. The second-order valence-corrected chi connectivity index (χ2v) is 4.07. The Bertz CT molecular complexity index is 428. The van der Waals surface area contributed by atoms with Gasteiger partial charge in [-0.3, -0.25) is 4.79 Å². The highest BCUT2D eigenvalue weighted by molar-refractivity contribution is 9.10. The van der Waals surface area contributed by atoms with Gasteiger partial charge in [-0.1, -0.05) is 15.9 Å². The summed E-state index contributed by atoms with van der Waals surface area (Å²) in [6, 6.07) is 1.70. The lowest BCUT2D eigenvalue weighted by atomic mass is 10.1. The summed E-state index contributed by atoms with van der Waals surface area (Å²) < 4.78 is 11.3. The van der Waals surface area contributed by atoms with Crippen LogP contribution in [0.25, 0.3) is 0 Å². The molecule has 5 heteroatoms. The summed E-state index contributed by atoms with van der Waals surface area (Å²) in [5, 5.41) is 8.74. The van der Waals surface area contributed by atoms with Crippen LogP contribution in [-0.4, -0.2) is 17.9 Å². The van der Waals surface area contributed by atoms with E-state index in [0.717, 1.165) is 10.0 Å². The second-order valence-electron chi connectivity index (χ2n) is 3.28. The molecule has 1 heterocycles. The van der Waals surface area contributed by atoms with Gasteiger partial charge >= 0.3 is 5.97 Å². The normalized spacial score (nSPS) is 12.9. The first kappa shape index (κ1) is 10.3. The van der Waals surface area contributed by atoms with Gasteiger partial charge in [0.1, 0.15) is 0 Å². The molecule has 0 radical (unpaired) electrons. The molecule has 1 aromatic carbocycles. The van der Waals surface area contributed by atoms with E-state index in [2.05, 4.69) is 15.9 Å². The molecule has 0 saturated carbocycles. The fourth-order valence-electron chi connectivity index (χ4n) is 1.54. The van der Waals surface area contributed by atoms with E-state index in [-0.39, 0.29) is 13.2 Å². The Morgan fingerprint density at radius 2 is 2.33 bits per heavy atom. The van der Waals surface area contributed by atoms with Crippen molar-refractivity contribution in [3.05, 3.63) is 21.7 Å². The van der Waals surface area contributed by atoms with Crippen molar-refractivity contribution in [2.75, 3.05) is 6.79 Å². The minimum atomic E-state index is -0.867.